The van der Waals surface area contributed by atoms with Crippen LogP contribution in [0.5, 0.6) is 0 Å². The van der Waals surface area contributed by atoms with Gasteiger partial charge in [-0.2, -0.15) is 0 Å². The SMILES string of the molecule is CCc1cnc(CNCC(C)(CC)CO)o1. The highest BCUT2D eigenvalue weighted by Crippen LogP contribution is 2.18. The van der Waals surface area contributed by atoms with E-state index in [1.165, 1.54) is 0 Å². The number of nitrogens with zero attached hydrogens (tertiary/aromatic N) is 1. The molecule has 0 aliphatic carbocycles. The zero-order valence-electron chi connectivity index (χ0n) is 10.4. The van der Waals surface area contributed by atoms with E-state index in [1.54, 1.807) is 6.20 Å². The van der Waals surface area contributed by atoms with Gasteiger partial charge in [-0.1, -0.05) is 20.8 Å². The smallest absolute Gasteiger partial charge is 0.208 e. The summed E-state index contributed by atoms with van der Waals surface area (Å²) in [6, 6.07) is 0. The Morgan fingerprint density at radius 2 is 2.25 bits per heavy atom. The summed E-state index contributed by atoms with van der Waals surface area (Å²) in [6.07, 6.45) is 3.58. The molecule has 1 heterocycles. The maximum absolute atomic E-state index is 9.25. The summed E-state index contributed by atoms with van der Waals surface area (Å²) < 4.78 is 5.48. The lowest BCUT2D eigenvalue weighted by molar-refractivity contribution is 0.134. The Labute approximate surface area is 97.1 Å². The Hall–Kier alpha value is -0.870. The van der Waals surface area contributed by atoms with Gasteiger partial charge < -0.3 is 14.8 Å². The van der Waals surface area contributed by atoms with E-state index >= 15 is 0 Å². The number of oxazole rings is 1. The van der Waals surface area contributed by atoms with Crippen molar-refractivity contribution < 1.29 is 9.52 Å². The minimum atomic E-state index is -0.0554. The van der Waals surface area contributed by atoms with Crippen LogP contribution in [0.1, 0.15) is 38.8 Å². The van der Waals surface area contributed by atoms with Gasteiger partial charge in [0.05, 0.1) is 12.7 Å². The molecule has 0 radical (unpaired) electrons. The van der Waals surface area contributed by atoms with E-state index in [1.807, 2.05) is 6.92 Å². The number of hydrogen-bond acceptors (Lipinski definition) is 4. The highest BCUT2D eigenvalue weighted by Gasteiger charge is 2.20. The van der Waals surface area contributed by atoms with E-state index in [4.69, 9.17) is 4.42 Å². The first-order chi connectivity index (χ1) is 7.63. The molecule has 4 heteroatoms. The number of aryl methyl sites for hydroxylation is 1. The van der Waals surface area contributed by atoms with Crippen LogP contribution in [0.4, 0.5) is 0 Å². The molecule has 16 heavy (non-hydrogen) atoms. The molecule has 0 aliphatic rings. The van der Waals surface area contributed by atoms with Gasteiger partial charge in [0.25, 0.3) is 0 Å². The summed E-state index contributed by atoms with van der Waals surface area (Å²) in [7, 11) is 0. The second-order valence-corrected chi connectivity index (χ2v) is 4.50. The third-order valence-electron chi connectivity index (χ3n) is 3.01. The van der Waals surface area contributed by atoms with Crippen molar-refractivity contribution in [3.63, 3.8) is 0 Å². The number of hydrogen-bond donors (Lipinski definition) is 2. The van der Waals surface area contributed by atoms with E-state index in [0.717, 1.165) is 25.1 Å². The van der Waals surface area contributed by atoms with Crippen molar-refractivity contribution in [3.8, 4) is 0 Å². The van der Waals surface area contributed by atoms with Gasteiger partial charge in [0.15, 0.2) is 0 Å². The van der Waals surface area contributed by atoms with Crippen LogP contribution in [0, 0.1) is 5.41 Å². The van der Waals surface area contributed by atoms with Crippen LogP contribution in [0.25, 0.3) is 0 Å². The Balaban J connectivity index is 2.35. The quantitative estimate of drug-likeness (QED) is 0.743. The highest BCUT2D eigenvalue weighted by molar-refractivity contribution is 4.93. The third-order valence-corrected chi connectivity index (χ3v) is 3.01. The number of rotatable bonds is 7. The average molecular weight is 226 g/mol. The molecule has 1 atom stereocenters. The molecule has 0 saturated heterocycles. The molecule has 1 aromatic rings. The van der Waals surface area contributed by atoms with Crippen molar-refractivity contribution in [2.45, 2.75) is 40.2 Å². The molecule has 0 spiro atoms. The normalized spacial score (nSPS) is 15.0. The summed E-state index contributed by atoms with van der Waals surface area (Å²) in [5.74, 6) is 1.63. The Morgan fingerprint density at radius 3 is 2.75 bits per heavy atom. The van der Waals surface area contributed by atoms with Crippen LogP contribution in [0.3, 0.4) is 0 Å². The fourth-order valence-corrected chi connectivity index (χ4v) is 1.36. The Kier molecular flexibility index (Phi) is 4.96. The van der Waals surface area contributed by atoms with Crippen LogP contribution < -0.4 is 5.32 Å². The summed E-state index contributed by atoms with van der Waals surface area (Å²) in [5, 5.41) is 12.5. The van der Waals surface area contributed by atoms with E-state index in [2.05, 4.69) is 24.1 Å². The predicted octanol–water partition coefficient (Wildman–Crippen LogP) is 1.74. The van der Waals surface area contributed by atoms with Crippen molar-refractivity contribution in [1.82, 2.24) is 10.3 Å². The van der Waals surface area contributed by atoms with Gasteiger partial charge in [-0.05, 0) is 6.42 Å². The number of nitrogens with one attached hydrogen (secondary N) is 1. The largest absolute Gasteiger partial charge is 0.444 e. The number of aliphatic hydroxyl groups excluding tert-OH is 1. The number of aromatic nitrogens is 1. The van der Waals surface area contributed by atoms with Gasteiger partial charge in [0.1, 0.15) is 5.76 Å². The summed E-state index contributed by atoms with van der Waals surface area (Å²) in [4.78, 5) is 4.17. The molecular weight excluding hydrogens is 204 g/mol. The molecule has 1 aromatic heterocycles. The summed E-state index contributed by atoms with van der Waals surface area (Å²) in [5.41, 5.74) is -0.0554. The van der Waals surface area contributed by atoms with Crippen LogP contribution in [0.2, 0.25) is 0 Å². The van der Waals surface area contributed by atoms with Gasteiger partial charge in [-0.3, -0.25) is 0 Å². The topological polar surface area (TPSA) is 58.3 Å². The molecule has 0 saturated carbocycles. The molecule has 0 aliphatic heterocycles. The standard InChI is InChI=1S/C12H22N2O2/c1-4-10-6-14-11(16-10)7-13-8-12(3,5-2)9-15/h6,13,15H,4-5,7-9H2,1-3H3. The molecule has 0 amide bonds. The Morgan fingerprint density at radius 1 is 1.50 bits per heavy atom. The first-order valence-electron chi connectivity index (χ1n) is 5.88. The minimum Gasteiger partial charge on any atom is -0.444 e. The average Bonchev–Trinajstić information content (AvgIpc) is 2.77. The van der Waals surface area contributed by atoms with Crippen LogP contribution in [0.15, 0.2) is 10.6 Å². The van der Waals surface area contributed by atoms with E-state index in [9.17, 15) is 5.11 Å². The van der Waals surface area contributed by atoms with Crippen molar-refractivity contribution in [1.29, 1.82) is 0 Å². The van der Waals surface area contributed by atoms with Crippen molar-refractivity contribution in [3.05, 3.63) is 17.8 Å². The van der Waals surface area contributed by atoms with Gasteiger partial charge in [-0.15, -0.1) is 0 Å². The first kappa shape index (κ1) is 13.2. The fourth-order valence-electron chi connectivity index (χ4n) is 1.36. The maximum Gasteiger partial charge on any atom is 0.208 e. The summed E-state index contributed by atoms with van der Waals surface area (Å²) in [6.45, 7) is 7.77. The molecule has 0 fully saturated rings. The van der Waals surface area contributed by atoms with Crippen LogP contribution >= 0.6 is 0 Å². The molecular formula is C12H22N2O2. The molecule has 4 nitrogen and oxygen atoms in total. The molecule has 1 rings (SSSR count). The zero-order valence-corrected chi connectivity index (χ0v) is 10.4. The zero-order chi connectivity index (χ0) is 12.0. The first-order valence-corrected chi connectivity index (χ1v) is 5.88. The molecule has 92 valence electrons. The van der Waals surface area contributed by atoms with E-state index < -0.39 is 0 Å². The molecule has 0 bridgehead atoms. The number of aliphatic hydroxyl groups is 1. The molecule has 0 aromatic carbocycles. The van der Waals surface area contributed by atoms with Crippen molar-refractivity contribution in [2.75, 3.05) is 13.2 Å². The van der Waals surface area contributed by atoms with E-state index in [0.29, 0.717) is 12.4 Å². The van der Waals surface area contributed by atoms with E-state index in [-0.39, 0.29) is 12.0 Å². The second kappa shape index (κ2) is 6.01. The minimum absolute atomic E-state index is 0.0554. The fraction of sp³-hybridized carbons (Fsp3) is 0.750. The van der Waals surface area contributed by atoms with Gasteiger partial charge in [0.2, 0.25) is 5.89 Å². The van der Waals surface area contributed by atoms with Crippen LogP contribution in [-0.2, 0) is 13.0 Å². The monoisotopic (exact) mass is 226 g/mol. The maximum atomic E-state index is 9.25. The lowest BCUT2D eigenvalue weighted by Crippen LogP contribution is -2.34. The van der Waals surface area contributed by atoms with Crippen LogP contribution in [-0.4, -0.2) is 23.2 Å². The lowest BCUT2D eigenvalue weighted by atomic mass is 9.89. The van der Waals surface area contributed by atoms with Gasteiger partial charge in [-0.25, -0.2) is 4.98 Å². The van der Waals surface area contributed by atoms with Gasteiger partial charge in [0, 0.05) is 25.0 Å². The van der Waals surface area contributed by atoms with Crippen molar-refractivity contribution >= 4 is 0 Å². The lowest BCUT2D eigenvalue weighted by Gasteiger charge is -2.25. The Bertz CT molecular complexity index is 306. The van der Waals surface area contributed by atoms with Crippen molar-refractivity contribution in [2.24, 2.45) is 5.41 Å². The second-order valence-electron chi connectivity index (χ2n) is 4.50. The third kappa shape index (κ3) is 3.61. The summed E-state index contributed by atoms with van der Waals surface area (Å²) >= 11 is 0. The molecule has 1 unspecified atom stereocenters. The highest BCUT2D eigenvalue weighted by atomic mass is 16.4. The van der Waals surface area contributed by atoms with Gasteiger partial charge >= 0.3 is 0 Å². The predicted molar refractivity (Wildman–Crippen MR) is 63.1 cm³/mol. The molecule has 2 N–H and O–H groups in total.